The van der Waals surface area contributed by atoms with Gasteiger partial charge in [0.05, 0.1) is 5.71 Å². The number of nitrogens with two attached hydrogens (primary N) is 1. The fourth-order valence-corrected chi connectivity index (χ4v) is 1.49. The fraction of sp³-hybridized carbons (Fsp3) is 0.125. The van der Waals surface area contributed by atoms with Gasteiger partial charge in [-0.05, 0) is 25.1 Å². The van der Waals surface area contributed by atoms with Crippen molar-refractivity contribution >= 4 is 21.6 Å². The fourth-order valence-electron chi connectivity index (χ4n) is 0.852. The lowest BCUT2D eigenvalue weighted by Gasteiger charge is -2.01. The molecule has 0 amide bonds. The summed E-state index contributed by atoms with van der Waals surface area (Å²) in [5.41, 5.74) is 1.47. The minimum absolute atomic E-state index is 0.282. The number of halogens is 2. The maximum atomic E-state index is 12.6. The van der Waals surface area contributed by atoms with E-state index in [2.05, 4.69) is 21.0 Å². The van der Waals surface area contributed by atoms with Crippen molar-refractivity contribution in [1.82, 2.24) is 0 Å². The topological polar surface area (TPSA) is 38.4 Å². The second-order valence-corrected chi connectivity index (χ2v) is 3.19. The summed E-state index contributed by atoms with van der Waals surface area (Å²) in [4.78, 5) is 0. The van der Waals surface area contributed by atoms with Gasteiger partial charge in [-0.2, -0.15) is 5.10 Å². The molecule has 0 heterocycles. The number of hydrogen-bond donors (Lipinski definition) is 1. The molecule has 64 valence electrons. The number of hydrogen-bond acceptors (Lipinski definition) is 2. The smallest absolute Gasteiger partial charge is 0.124 e. The Kier molecular flexibility index (Phi) is 2.81. The van der Waals surface area contributed by atoms with Gasteiger partial charge in [0, 0.05) is 10.0 Å². The van der Waals surface area contributed by atoms with E-state index in [1.807, 2.05) is 0 Å². The molecule has 12 heavy (non-hydrogen) atoms. The van der Waals surface area contributed by atoms with Gasteiger partial charge >= 0.3 is 0 Å². The largest absolute Gasteiger partial charge is 0.323 e. The second-order valence-electron chi connectivity index (χ2n) is 2.34. The van der Waals surface area contributed by atoms with Gasteiger partial charge in [0.25, 0.3) is 0 Å². The first-order valence-corrected chi connectivity index (χ1v) is 4.14. The predicted molar refractivity (Wildman–Crippen MR) is 50.5 cm³/mol. The maximum Gasteiger partial charge on any atom is 0.124 e. The number of hydrazone groups is 1. The van der Waals surface area contributed by atoms with E-state index in [4.69, 9.17) is 5.84 Å². The van der Waals surface area contributed by atoms with Crippen LogP contribution < -0.4 is 5.84 Å². The van der Waals surface area contributed by atoms with Crippen LogP contribution in [-0.4, -0.2) is 5.71 Å². The summed E-state index contributed by atoms with van der Waals surface area (Å²) < 4.78 is 13.3. The lowest BCUT2D eigenvalue weighted by atomic mass is 10.1. The zero-order valence-electron chi connectivity index (χ0n) is 6.51. The molecule has 0 atom stereocenters. The molecule has 0 aliphatic rings. The van der Waals surface area contributed by atoms with Crippen molar-refractivity contribution in [3.63, 3.8) is 0 Å². The minimum atomic E-state index is -0.282. The Balaban J connectivity index is 3.18. The molecule has 2 N–H and O–H groups in total. The van der Waals surface area contributed by atoms with Crippen molar-refractivity contribution < 1.29 is 4.39 Å². The average Bonchev–Trinajstić information content (AvgIpc) is 2.03. The van der Waals surface area contributed by atoms with E-state index in [1.165, 1.54) is 12.1 Å². The van der Waals surface area contributed by atoms with E-state index in [-0.39, 0.29) is 5.82 Å². The van der Waals surface area contributed by atoms with Crippen LogP contribution in [0.3, 0.4) is 0 Å². The van der Waals surface area contributed by atoms with Gasteiger partial charge in [0.15, 0.2) is 0 Å². The monoisotopic (exact) mass is 230 g/mol. The minimum Gasteiger partial charge on any atom is -0.323 e. The standard InChI is InChI=1S/C8H8BrFN2/c1-5(12-11)7-3-2-6(10)4-8(7)9/h2-4H,11H2,1H3/b12-5-. The molecule has 0 saturated heterocycles. The molecule has 0 fully saturated rings. The lowest BCUT2D eigenvalue weighted by Crippen LogP contribution is -1.99. The van der Waals surface area contributed by atoms with Gasteiger partial charge in [-0.1, -0.05) is 15.9 Å². The maximum absolute atomic E-state index is 12.6. The molecule has 0 radical (unpaired) electrons. The third-order valence-corrected chi connectivity index (χ3v) is 2.17. The van der Waals surface area contributed by atoms with E-state index < -0.39 is 0 Å². The van der Waals surface area contributed by atoms with Crippen molar-refractivity contribution in [2.45, 2.75) is 6.92 Å². The number of rotatable bonds is 1. The summed E-state index contributed by atoms with van der Waals surface area (Å²) in [6, 6.07) is 4.38. The Labute approximate surface area is 78.4 Å². The summed E-state index contributed by atoms with van der Waals surface area (Å²) in [6.45, 7) is 1.76. The second kappa shape index (κ2) is 3.67. The molecule has 0 aliphatic carbocycles. The van der Waals surface area contributed by atoms with Crippen LogP contribution in [0.2, 0.25) is 0 Å². The van der Waals surface area contributed by atoms with Crippen molar-refractivity contribution in [3.05, 3.63) is 34.1 Å². The predicted octanol–water partition coefficient (Wildman–Crippen LogP) is 2.27. The molecule has 1 aromatic carbocycles. The molecule has 0 aliphatic heterocycles. The third-order valence-electron chi connectivity index (χ3n) is 1.51. The molecule has 0 aromatic heterocycles. The molecule has 0 unspecified atom stereocenters. The quantitative estimate of drug-likeness (QED) is 0.449. The molecular weight excluding hydrogens is 223 g/mol. The van der Waals surface area contributed by atoms with Gasteiger partial charge in [-0.3, -0.25) is 0 Å². The first-order chi connectivity index (χ1) is 5.65. The molecular formula is C8H8BrFN2. The van der Waals surface area contributed by atoms with E-state index in [9.17, 15) is 4.39 Å². The van der Waals surface area contributed by atoms with Crippen molar-refractivity contribution in [2.24, 2.45) is 10.9 Å². The average molecular weight is 231 g/mol. The molecule has 0 saturated carbocycles. The normalized spacial score (nSPS) is 11.8. The molecule has 2 nitrogen and oxygen atoms in total. The van der Waals surface area contributed by atoms with Crippen LogP contribution in [0.1, 0.15) is 12.5 Å². The van der Waals surface area contributed by atoms with Gasteiger partial charge in [0.2, 0.25) is 0 Å². The highest BCUT2D eigenvalue weighted by Crippen LogP contribution is 2.18. The Hall–Kier alpha value is -0.900. The highest BCUT2D eigenvalue weighted by molar-refractivity contribution is 9.10. The zero-order chi connectivity index (χ0) is 9.14. The van der Waals surface area contributed by atoms with Crippen LogP contribution in [0.15, 0.2) is 27.8 Å². The van der Waals surface area contributed by atoms with Crippen molar-refractivity contribution in [3.8, 4) is 0 Å². The summed E-state index contributed by atoms with van der Waals surface area (Å²) in [5, 5.41) is 3.51. The number of benzene rings is 1. The van der Waals surface area contributed by atoms with E-state index in [0.717, 1.165) is 5.56 Å². The van der Waals surface area contributed by atoms with Crippen LogP contribution >= 0.6 is 15.9 Å². The Bertz CT molecular complexity index is 323. The molecule has 1 rings (SSSR count). The summed E-state index contributed by atoms with van der Waals surface area (Å²) >= 11 is 3.21. The molecule has 0 spiro atoms. The van der Waals surface area contributed by atoms with Crippen LogP contribution in [0.25, 0.3) is 0 Å². The van der Waals surface area contributed by atoms with Crippen LogP contribution in [-0.2, 0) is 0 Å². The van der Waals surface area contributed by atoms with Gasteiger partial charge in [-0.25, -0.2) is 4.39 Å². The lowest BCUT2D eigenvalue weighted by molar-refractivity contribution is 0.627. The highest BCUT2D eigenvalue weighted by atomic mass is 79.9. The van der Waals surface area contributed by atoms with E-state index in [1.54, 1.807) is 13.0 Å². The molecule has 1 aromatic rings. The summed E-state index contributed by atoms with van der Waals surface area (Å²) in [7, 11) is 0. The first-order valence-electron chi connectivity index (χ1n) is 3.35. The van der Waals surface area contributed by atoms with Crippen LogP contribution in [0.4, 0.5) is 4.39 Å². The number of nitrogens with zero attached hydrogens (tertiary/aromatic N) is 1. The summed E-state index contributed by atoms with van der Waals surface area (Å²) in [5.74, 6) is 4.80. The third kappa shape index (κ3) is 1.82. The zero-order valence-corrected chi connectivity index (χ0v) is 8.10. The molecule has 4 heteroatoms. The Morgan fingerprint density at radius 2 is 2.25 bits per heavy atom. The van der Waals surface area contributed by atoms with Gasteiger partial charge in [-0.15, -0.1) is 0 Å². The Morgan fingerprint density at radius 3 is 2.75 bits per heavy atom. The van der Waals surface area contributed by atoms with Gasteiger partial charge in [0.1, 0.15) is 5.82 Å². The van der Waals surface area contributed by atoms with Crippen LogP contribution in [0.5, 0.6) is 0 Å². The van der Waals surface area contributed by atoms with Gasteiger partial charge < -0.3 is 5.84 Å². The summed E-state index contributed by atoms with van der Waals surface area (Å²) in [6.07, 6.45) is 0. The molecule has 0 bridgehead atoms. The first kappa shape index (κ1) is 9.19. The van der Waals surface area contributed by atoms with E-state index >= 15 is 0 Å². The SMILES string of the molecule is C/C(=N/N)c1ccc(F)cc1Br. The van der Waals surface area contributed by atoms with Crippen molar-refractivity contribution in [1.29, 1.82) is 0 Å². The highest BCUT2D eigenvalue weighted by Gasteiger charge is 2.03. The Morgan fingerprint density at radius 1 is 1.58 bits per heavy atom. The van der Waals surface area contributed by atoms with Crippen molar-refractivity contribution in [2.75, 3.05) is 0 Å². The van der Waals surface area contributed by atoms with E-state index in [0.29, 0.717) is 10.2 Å². The van der Waals surface area contributed by atoms with Crippen LogP contribution in [0, 0.1) is 5.82 Å².